The van der Waals surface area contributed by atoms with Crippen molar-refractivity contribution in [2.75, 3.05) is 26.3 Å². The molecule has 2 heterocycles. The highest BCUT2D eigenvalue weighted by molar-refractivity contribution is 5.29. The summed E-state index contributed by atoms with van der Waals surface area (Å²) in [6.07, 6.45) is 2.83. The molecule has 1 aliphatic heterocycles. The van der Waals surface area contributed by atoms with Crippen molar-refractivity contribution < 1.29 is 19.7 Å². The lowest BCUT2D eigenvalue weighted by atomic mass is 9.90. The lowest BCUT2D eigenvalue weighted by Crippen LogP contribution is -2.59. The van der Waals surface area contributed by atoms with Crippen LogP contribution >= 0.6 is 0 Å². The first-order chi connectivity index (χ1) is 15.5. The van der Waals surface area contributed by atoms with Crippen molar-refractivity contribution in [3.05, 3.63) is 72.3 Å². The molecule has 2 N–H and O–H groups in total. The maximum atomic E-state index is 11.1. The van der Waals surface area contributed by atoms with Crippen molar-refractivity contribution in [2.45, 2.75) is 38.1 Å². The van der Waals surface area contributed by atoms with Crippen LogP contribution in [0.3, 0.4) is 0 Å². The Morgan fingerprint density at radius 2 is 1.94 bits per heavy atom. The average molecular weight is 439 g/mol. The molecule has 8 heteroatoms. The number of hydrogen-bond donors (Lipinski definition) is 2. The van der Waals surface area contributed by atoms with Crippen LogP contribution in [0, 0.1) is 6.92 Å². The van der Waals surface area contributed by atoms with Gasteiger partial charge in [0.05, 0.1) is 12.6 Å². The Hall–Kier alpha value is -2.94. The standard InChI is InChI=1S/C24H30N4O4/c1-19-4-2-6-21(12-19)32-16-24(30)15-27(9-8-23(24)29)14-20-5-3-7-22(13-20)31-11-10-28-18-25-17-26-28/h2-7,12-13,17-18,23,29-30H,8-11,14-16H2,1H3/t23-,24-/m0/s1. The maximum Gasteiger partial charge on any atom is 0.137 e. The second kappa shape index (κ2) is 10.1. The summed E-state index contributed by atoms with van der Waals surface area (Å²) < 4.78 is 13.4. The fourth-order valence-corrected chi connectivity index (χ4v) is 3.93. The van der Waals surface area contributed by atoms with E-state index < -0.39 is 11.7 Å². The summed E-state index contributed by atoms with van der Waals surface area (Å²) in [5.41, 5.74) is 0.846. The van der Waals surface area contributed by atoms with Crippen molar-refractivity contribution in [2.24, 2.45) is 0 Å². The van der Waals surface area contributed by atoms with Crippen molar-refractivity contribution in [3.63, 3.8) is 0 Å². The summed E-state index contributed by atoms with van der Waals surface area (Å²) in [5, 5.41) is 25.7. The lowest BCUT2D eigenvalue weighted by Gasteiger charge is -2.42. The number of β-amino-alcohol motifs (C(OH)–C–C–N with tert-alkyl or cyclic N) is 1. The zero-order chi connectivity index (χ0) is 22.4. The second-order valence-electron chi connectivity index (χ2n) is 8.38. The van der Waals surface area contributed by atoms with E-state index in [4.69, 9.17) is 9.47 Å². The minimum atomic E-state index is -1.33. The van der Waals surface area contributed by atoms with Gasteiger partial charge >= 0.3 is 0 Å². The van der Waals surface area contributed by atoms with E-state index in [-0.39, 0.29) is 6.61 Å². The van der Waals surface area contributed by atoms with E-state index in [2.05, 4.69) is 15.0 Å². The molecule has 0 amide bonds. The molecule has 0 bridgehead atoms. The first-order valence-electron chi connectivity index (χ1n) is 10.9. The molecule has 4 rings (SSSR count). The van der Waals surface area contributed by atoms with Gasteiger partial charge in [0, 0.05) is 19.6 Å². The molecule has 1 saturated heterocycles. The summed E-state index contributed by atoms with van der Waals surface area (Å²) >= 11 is 0. The van der Waals surface area contributed by atoms with Crippen LogP contribution in [0.5, 0.6) is 11.5 Å². The quantitative estimate of drug-likeness (QED) is 0.528. The zero-order valence-corrected chi connectivity index (χ0v) is 18.3. The van der Waals surface area contributed by atoms with Gasteiger partial charge in [-0.25, -0.2) is 9.67 Å². The molecule has 0 radical (unpaired) electrons. The van der Waals surface area contributed by atoms with Gasteiger partial charge in [-0.1, -0.05) is 24.3 Å². The Labute approximate surface area is 188 Å². The van der Waals surface area contributed by atoms with E-state index in [0.717, 1.165) is 16.9 Å². The Kier molecular flexibility index (Phi) is 7.04. The Balaban J connectivity index is 1.32. The van der Waals surface area contributed by atoms with Crippen LogP contribution in [0.1, 0.15) is 17.5 Å². The number of nitrogens with zero attached hydrogens (tertiary/aromatic N) is 4. The SMILES string of the molecule is Cc1cccc(OC[C@@]2(O)CN(Cc3cccc(OCCn4cncn4)c3)CC[C@@H]2O)c1. The third kappa shape index (κ3) is 5.85. The van der Waals surface area contributed by atoms with Crippen LogP contribution in [0.25, 0.3) is 0 Å². The number of hydrogen-bond acceptors (Lipinski definition) is 7. The predicted molar refractivity (Wildman–Crippen MR) is 119 cm³/mol. The van der Waals surface area contributed by atoms with Crippen molar-refractivity contribution in [3.8, 4) is 11.5 Å². The predicted octanol–water partition coefficient (Wildman–Crippen LogP) is 2.04. The van der Waals surface area contributed by atoms with E-state index in [1.165, 1.54) is 6.33 Å². The minimum Gasteiger partial charge on any atom is -0.492 e. The number of benzene rings is 2. The molecular weight excluding hydrogens is 408 g/mol. The van der Waals surface area contributed by atoms with E-state index >= 15 is 0 Å². The van der Waals surface area contributed by atoms with E-state index in [1.54, 1.807) is 11.0 Å². The monoisotopic (exact) mass is 438 g/mol. The highest BCUT2D eigenvalue weighted by Gasteiger charge is 2.42. The van der Waals surface area contributed by atoms with Gasteiger partial charge < -0.3 is 19.7 Å². The van der Waals surface area contributed by atoms with Crippen molar-refractivity contribution in [1.82, 2.24) is 19.7 Å². The van der Waals surface area contributed by atoms with E-state index in [1.807, 2.05) is 55.5 Å². The molecule has 1 aromatic heterocycles. The molecule has 2 atom stereocenters. The summed E-state index contributed by atoms with van der Waals surface area (Å²) in [6.45, 7) is 4.84. The largest absolute Gasteiger partial charge is 0.492 e. The lowest BCUT2D eigenvalue weighted by molar-refractivity contribution is -0.140. The fourth-order valence-electron chi connectivity index (χ4n) is 3.93. The molecule has 3 aromatic rings. The fraction of sp³-hybridized carbons (Fsp3) is 0.417. The van der Waals surface area contributed by atoms with Gasteiger partial charge in [0.2, 0.25) is 0 Å². The molecule has 32 heavy (non-hydrogen) atoms. The van der Waals surface area contributed by atoms with Gasteiger partial charge in [0.25, 0.3) is 0 Å². The molecule has 0 unspecified atom stereocenters. The van der Waals surface area contributed by atoms with Gasteiger partial charge in [-0.2, -0.15) is 5.10 Å². The summed E-state index contributed by atoms with van der Waals surface area (Å²) in [4.78, 5) is 6.06. The van der Waals surface area contributed by atoms with Gasteiger partial charge in [0.1, 0.15) is 43.0 Å². The first-order valence-corrected chi connectivity index (χ1v) is 10.9. The second-order valence-corrected chi connectivity index (χ2v) is 8.38. The summed E-state index contributed by atoms with van der Waals surface area (Å²) in [5.74, 6) is 1.48. The summed E-state index contributed by atoms with van der Waals surface area (Å²) in [7, 11) is 0. The molecule has 0 aliphatic carbocycles. The van der Waals surface area contributed by atoms with Gasteiger partial charge in [-0.15, -0.1) is 0 Å². The van der Waals surface area contributed by atoms with Gasteiger partial charge in [0.15, 0.2) is 0 Å². The normalized spacial score (nSPS) is 21.4. The molecule has 0 saturated carbocycles. The van der Waals surface area contributed by atoms with E-state index in [0.29, 0.717) is 45.0 Å². The number of aromatic nitrogens is 3. The Morgan fingerprint density at radius 3 is 2.72 bits per heavy atom. The van der Waals surface area contributed by atoms with Gasteiger partial charge in [-0.05, 0) is 48.7 Å². The number of aryl methyl sites for hydroxylation is 1. The molecule has 8 nitrogen and oxygen atoms in total. The third-order valence-electron chi connectivity index (χ3n) is 5.68. The van der Waals surface area contributed by atoms with Crippen LogP contribution in [0.4, 0.5) is 0 Å². The van der Waals surface area contributed by atoms with Crippen LogP contribution in [0.2, 0.25) is 0 Å². The topological polar surface area (TPSA) is 92.9 Å². The molecule has 0 spiro atoms. The van der Waals surface area contributed by atoms with Gasteiger partial charge in [-0.3, -0.25) is 4.90 Å². The van der Waals surface area contributed by atoms with Crippen molar-refractivity contribution >= 4 is 0 Å². The number of aliphatic hydroxyl groups is 2. The number of piperidine rings is 1. The number of rotatable bonds is 9. The van der Waals surface area contributed by atoms with Crippen LogP contribution < -0.4 is 9.47 Å². The molecule has 1 aliphatic rings. The molecule has 170 valence electrons. The molecular formula is C24H30N4O4. The van der Waals surface area contributed by atoms with Crippen molar-refractivity contribution in [1.29, 1.82) is 0 Å². The smallest absolute Gasteiger partial charge is 0.137 e. The number of aliphatic hydroxyl groups excluding tert-OH is 1. The summed E-state index contributed by atoms with van der Waals surface area (Å²) in [6, 6.07) is 15.6. The number of likely N-dealkylation sites (tertiary alicyclic amines) is 1. The maximum absolute atomic E-state index is 11.1. The van der Waals surface area contributed by atoms with Crippen LogP contribution in [0.15, 0.2) is 61.2 Å². The molecule has 2 aromatic carbocycles. The Morgan fingerprint density at radius 1 is 1.12 bits per heavy atom. The zero-order valence-electron chi connectivity index (χ0n) is 18.3. The third-order valence-corrected chi connectivity index (χ3v) is 5.68. The highest BCUT2D eigenvalue weighted by atomic mass is 16.5. The highest BCUT2D eigenvalue weighted by Crippen LogP contribution is 2.26. The van der Waals surface area contributed by atoms with Crippen LogP contribution in [-0.2, 0) is 13.1 Å². The first kappa shape index (κ1) is 22.3. The Bertz CT molecular complexity index is 997. The van der Waals surface area contributed by atoms with E-state index in [9.17, 15) is 10.2 Å². The molecule has 1 fully saturated rings. The number of ether oxygens (including phenoxy) is 2. The minimum absolute atomic E-state index is 0.0412. The van der Waals surface area contributed by atoms with Crippen LogP contribution in [-0.4, -0.2) is 67.9 Å². The average Bonchev–Trinajstić information content (AvgIpc) is 3.29.